The first kappa shape index (κ1) is 16.0. The van der Waals surface area contributed by atoms with Gasteiger partial charge in [-0.15, -0.1) is 0 Å². The zero-order valence-electron chi connectivity index (χ0n) is 14.6. The molecule has 0 saturated carbocycles. The Morgan fingerprint density at radius 3 is 2.57 bits per heavy atom. The van der Waals surface area contributed by atoms with Crippen LogP contribution in [0.2, 0.25) is 0 Å². The summed E-state index contributed by atoms with van der Waals surface area (Å²) in [6, 6.07) is 11.1. The second-order valence-electron chi connectivity index (χ2n) is 7.04. The number of aryl methyl sites for hydroxylation is 1. The smallest absolute Gasteiger partial charge is 0.218 e. The van der Waals surface area contributed by atoms with Crippen molar-refractivity contribution in [1.29, 1.82) is 0 Å². The van der Waals surface area contributed by atoms with E-state index in [-0.39, 0.29) is 5.78 Å². The lowest BCUT2D eigenvalue weighted by Crippen LogP contribution is -3.12. The largest absolute Gasteiger partial charge is 0.346 e. The van der Waals surface area contributed by atoms with Crippen molar-refractivity contribution in [3.05, 3.63) is 58.4 Å². The molecule has 23 heavy (non-hydrogen) atoms. The predicted octanol–water partition coefficient (Wildman–Crippen LogP) is 2.51. The average Bonchev–Trinajstić information content (AvgIpc) is 2.82. The minimum Gasteiger partial charge on any atom is -0.346 e. The molecule has 0 saturated heterocycles. The van der Waals surface area contributed by atoms with Gasteiger partial charge in [0.1, 0.15) is 13.1 Å². The maximum absolute atomic E-state index is 12.8. The third-order valence-corrected chi connectivity index (χ3v) is 5.02. The number of hydrogen-bond donors (Lipinski definition) is 1. The van der Waals surface area contributed by atoms with Gasteiger partial charge in [0.15, 0.2) is 0 Å². The van der Waals surface area contributed by atoms with Crippen LogP contribution in [0.1, 0.15) is 52.8 Å². The van der Waals surface area contributed by atoms with Crippen molar-refractivity contribution >= 4 is 5.78 Å². The number of quaternary nitrogens is 1. The topological polar surface area (TPSA) is 26.4 Å². The maximum Gasteiger partial charge on any atom is 0.218 e. The van der Waals surface area contributed by atoms with E-state index < -0.39 is 0 Å². The molecule has 122 valence electrons. The van der Waals surface area contributed by atoms with Crippen molar-refractivity contribution in [2.45, 2.75) is 46.7 Å². The summed E-state index contributed by atoms with van der Waals surface area (Å²) in [6.07, 6.45) is 1.07. The van der Waals surface area contributed by atoms with E-state index >= 15 is 0 Å². The Balaban J connectivity index is 1.75. The Bertz CT molecular complexity index is 727. The number of ketones is 1. The molecule has 0 spiro atoms. The van der Waals surface area contributed by atoms with Crippen molar-refractivity contribution < 1.29 is 9.69 Å². The fraction of sp³-hybridized carbons (Fsp3) is 0.450. The van der Waals surface area contributed by atoms with Crippen LogP contribution in [-0.2, 0) is 13.0 Å². The van der Waals surface area contributed by atoms with Gasteiger partial charge < -0.3 is 9.47 Å². The minimum absolute atomic E-state index is 0.277. The zero-order valence-corrected chi connectivity index (χ0v) is 14.6. The highest BCUT2D eigenvalue weighted by Gasteiger charge is 2.24. The van der Waals surface area contributed by atoms with Gasteiger partial charge in [0.25, 0.3) is 0 Å². The van der Waals surface area contributed by atoms with E-state index in [2.05, 4.69) is 62.6 Å². The number of carbonyl (C=O) groups excluding carboxylic acids is 1. The first-order valence-corrected chi connectivity index (χ1v) is 8.59. The van der Waals surface area contributed by atoms with E-state index in [0.29, 0.717) is 12.6 Å². The van der Waals surface area contributed by atoms with Crippen molar-refractivity contribution in [2.24, 2.45) is 0 Å². The first-order chi connectivity index (χ1) is 11.0. The summed E-state index contributed by atoms with van der Waals surface area (Å²) in [5, 5.41) is 0. The van der Waals surface area contributed by atoms with E-state index in [4.69, 9.17) is 0 Å². The van der Waals surface area contributed by atoms with Crippen molar-refractivity contribution in [3.8, 4) is 0 Å². The second kappa shape index (κ2) is 6.32. The number of hydrogen-bond acceptors (Lipinski definition) is 1. The molecule has 3 heteroatoms. The minimum atomic E-state index is 0.277. The van der Waals surface area contributed by atoms with Crippen LogP contribution in [0, 0.1) is 13.8 Å². The maximum atomic E-state index is 12.8. The summed E-state index contributed by atoms with van der Waals surface area (Å²) in [5.41, 5.74) is 6.04. The fourth-order valence-corrected chi connectivity index (χ4v) is 3.97. The third kappa shape index (κ3) is 3.11. The summed E-state index contributed by atoms with van der Waals surface area (Å²) in [6.45, 7) is 11.1. The molecule has 1 aromatic heterocycles. The van der Waals surface area contributed by atoms with Gasteiger partial charge >= 0.3 is 0 Å². The first-order valence-electron chi connectivity index (χ1n) is 8.59. The summed E-state index contributed by atoms with van der Waals surface area (Å²) in [7, 11) is 0. The highest BCUT2D eigenvalue weighted by atomic mass is 16.1. The molecule has 0 fully saturated rings. The molecule has 1 unspecified atom stereocenters. The van der Waals surface area contributed by atoms with Gasteiger partial charge in [0.2, 0.25) is 5.78 Å². The monoisotopic (exact) mass is 311 g/mol. The predicted molar refractivity (Wildman–Crippen MR) is 93.2 cm³/mol. The van der Waals surface area contributed by atoms with Gasteiger partial charge in [-0.3, -0.25) is 4.79 Å². The third-order valence-electron chi connectivity index (χ3n) is 5.02. The van der Waals surface area contributed by atoms with Crippen LogP contribution in [0.3, 0.4) is 0 Å². The number of carbonyl (C=O) groups is 1. The Morgan fingerprint density at radius 1 is 1.22 bits per heavy atom. The molecule has 1 aliphatic heterocycles. The molecule has 2 aromatic rings. The molecule has 0 aliphatic carbocycles. The van der Waals surface area contributed by atoms with Crippen LogP contribution in [-0.4, -0.2) is 23.4 Å². The van der Waals surface area contributed by atoms with E-state index in [1.165, 1.54) is 21.7 Å². The molecule has 1 aromatic carbocycles. The molecule has 3 rings (SSSR count). The molecule has 2 heterocycles. The van der Waals surface area contributed by atoms with E-state index in [1.807, 2.05) is 0 Å². The van der Waals surface area contributed by atoms with Gasteiger partial charge in [-0.25, -0.2) is 0 Å². The quantitative estimate of drug-likeness (QED) is 0.863. The fourth-order valence-electron chi connectivity index (χ4n) is 3.97. The molecule has 0 bridgehead atoms. The summed E-state index contributed by atoms with van der Waals surface area (Å²) < 4.78 is 2.26. The lowest BCUT2D eigenvalue weighted by Gasteiger charge is -2.25. The number of rotatable bonds is 4. The van der Waals surface area contributed by atoms with E-state index in [1.54, 1.807) is 0 Å². The molecular weight excluding hydrogens is 284 g/mol. The van der Waals surface area contributed by atoms with Gasteiger partial charge in [0, 0.05) is 35.0 Å². The van der Waals surface area contributed by atoms with E-state index in [9.17, 15) is 4.79 Å². The summed E-state index contributed by atoms with van der Waals surface area (Å²) >= 11 is 0. The highest BCUT2D eigenvalue weighted by molar-refractivity contribution is 5.98. The molecule has 3 nitrogen and oxygen atoms in total. The van der Waals surface area contributed by atoms with Crippen molar-refractivity contribution in [2.75, 3.05) is 13.1 Å². The molecular formula is C20H27N2O+. The number of Topliss-reactive ketones (excluding diaryl/α,β-unsaturated/α-hetero) is 1. The summed E-state index contributed by atoms with van der Waals surface area (Å²) in [4.78, 5) is 14.2. The van der Waals surface area contributed by atoms with Crippen molar-refractivity contribution in [3.63, 3.8) is 0 Å². The van der Waals surface area contributed by atoms with Gasteiger partial charge in [0.05, 0.1) is 6.54 Å². The van der Waals surface area contributed by atoms with Gasteiger partial charge in [-0.1, -0.05) is 24.3 Å². The Hall–Kier alpha value is -1.87. The van der Waals surface area contributed by atoms with Gasteiger partial charge in [-0.05, 0) is 39.3 Å². The summed E-state index contributed by atoms with van der Waals surface area (Å²) in [5.74, 6) is 0.277. The number of nitrogens with zero attached hydrogens (tertiary/aromatic N) is 1. The average molecular weight is 311 g/mol. The Morgan fingerprint density at radius 2 is 1.91 bits per heavy atom. The van der Waals surface area contributed by atoms with Crippen LogP contribution in [0.25, 0.3) is 0 Å². The van der Waals surface area contributed by atoms with Crippen molar-refractivity contribution in [1.82, 2.24) is 4.57 Å². The number of benzene rings is 1. The van der Waals surface area contributed by atoms with Crippen LogP contribution in [0.5, 0.6) is 0 Å². The molecule has 0 amide bonds. The molecule has 1 N–H and O–H groups in total. The SMILES string of the molecule is Cc1cc(C(=O)C[NH+]2CCc3ccccc3C2)c(C)n1C(C)C. The van der Waals surface area contributed by atoms with Crippen LogP contribution in [0.4, 0.5) is 0 Å². The normalized spacial score (nSPS) is 17.3. The Kier molecular flexibility index (Phi) is 4.40. The Labute approximate surface area is 138 Å². The second-order valence-corrected chi connectivity index (χ2v) is 7.04. The van der Waals surface area contributed by atoms with Crippen LogP contribution >= 0.6 is 0 Å². The standard InChI is InChI=1S/C20H26N2O/c1-14(2)22-15(3)11-19(16(22)4)20(23)13-21-10-9-17-7-5-6-8-18(17)12-21/h5-8,11,14H,9-10,12-13H2,1-4H3/p+1. The molecule has 1 atom stereocenters. The van der Waals surface area contributed by atoms with Crippen LogP contribution in [0.15, 0.2) is 30.3 Å². The number of fused-ring (bicyclic) bond motifs is 1. The van der Waals surface area contributed by atoms with Crippen LogP contribution < -0.4 is 4.90 Å². The highest BCUT2D eigenvalue weighted by Crippen LogP contribution is 2.20. The molecule has 1 aliphatic rings. The zero-order chi connectivity index (χ0) is 16.6. The number of aromatic nitrogens is 1. The lowest BCUT2D eigenvalue weighted by molar-refractivity contribution is -0.907. The van der Waals surface area contributed by atoms with Gasteiger partial charge in [-0.2, -0.15) is 0 Å². The number of nitrogens with one attached hydrogen (secondary N) is 1. The lowest BCUT2D eigenvalue weighted by atomic mass is 9.99. The van der Waals surface area contributed by atoms with E-state index in [0.717, 1.165) is 30.8 Å². The molecule has 0 radical (unpaired) electrons.